The third-order valence-corrected chi connectivity index (χ3v) is 4.77. The number of benzene rings is 2. The minimum Gasteiger partial charge on any atom is -0.267 e. The molecule has 1 aromatic heterocycles. The molecule has 0 atom stereocenters. The van der Waals surface area contributed by atoms with Crippen LogP contribution in [-0.4, -0.2) is 21.4 Å². The molecule has 0 aliphatic rings. The topological polar surface area (TPSA) is 59.3 Å². The van der Waals surface area contributed by atoms with E-state index in [-0.39, 0.29) is 5.91 Å². The maximum atomic E-state index is 12.3. The fraction of sp³-hybridized carbons (Fsp3) is 0.190. The van der Waals surface area contributed by atoms with Crippen LogP contribution >= 0.6 is 15.9 Å². The van der Waals surface area contributed by atoms with Crippen molar-refractivity contribution in [2.75, 3.05) is 0 Å². The van der Waals surface area contributed by atoms with Crippen LogP contribution in [0.15, 0.2) is 64.2 Å². The molecule has 3 aromatic rings. The first-order valence-electron chi connectivity index (χ1n) is 8.63. The van der Waals surface area contributed by atoms with E-state index in [0.717, 1.165) is 32.7 Å². The SMILES string of the molecule is CC(=NNC(=O)c1ccc(Cn2nc(C)cc2C)cc1)c1ccc(Br)cc1. The number of amides is 1. The average molecular weight is 425 g/mol. The summed E-state index contributed by atoms with van der Waals surface area (Å²) in [4.78, 5) is 12.3. The number of nitrogens with one attached hydrogen (secondary N) is 1. The predicted octanol–water partition coefficient (Wildman–Crippen LogP) is 4.46. The summed E-state index contributed by atoms with van der Waals surface area (Å²) in [5.41, 5.74) is 8.10. The van der Waals surface area contributed by atoms with Crippen LogP contribution in [0.3, 0.4) is 0 Å². The molecule has 0 unspecified atom stereocenters. The molecular formula is C21H21BrN4O. The lowest BCUT2D eigenvalue weighted by atomic mass is 10.1. The van der Waals surface area contributed by atoms with E-state index in [2.05, 4.69) is 31.6 Å². The molecular weight excluding hydrogens is 404 g/mol. The summed E-state index contributed by atoms with van der Waals surface area (Å²) in [7, 11) is 0. The van der Waals surface area contributed by atoms with Crippen molar-refractivity contribution < 1.29 is 4.79 Å². The van der Waals surface area contributed by atoms with Gasteiger partial charge < -0.3 is 0 Å². The molecule has 0 radical (unpaired) electrons. The van der Waals surface area contributed by atoms with Gasteiger partial charge >= 0.3 is 0 Å². The summed E-state index contributed by atoms with van der Waals surface area (Å²) >= 11 is 3.40. The van der Waals surface area contributed by atoms with Crippen LogP contribution in [0.1, 0.15) is 39.8 Å². The van der Waals surface area contributed by atoms with E-state index in [4.69, 9.17) is 0 Å². The molecule has 1 amide bonds. The van der Waals surface area contributed by atoms with E-state index in [1.807, 2.05) is 67.9 Å². The Labute approximate surface area is 167 Å². The Morgan fingerprint density at radius 3 is 2.30 bits per heavy atom. The molecule has 3 rings (SSSR count). The van der Waals surface area contributed by atoms with Gasteiger partial charge in [0.05, 0.1) is 18.0 Å². The van der Waals surface area contributed by atoms with Gasteiger partial charge in [0.2, 0.25) is 0 Å². The molecule has 0 saturated heterocycles. The average Bonchev–Trinajstić information content (AvgIpc) is 2.97. The summed E-state index contributed by atoms with van der Waals surface area (Å²) in [6, 6.07) is 17.3. The normalized spacial score (nSPS) is 11.5. The Morgan fingerprint density at radius 1 is 1.07 bits per heavy atom. The van der Waals surface area contributed by atoms with Crippen molar-refractivity contribution in [3.8, 4) is 0 Å². The molecule has 2 aromatic carbocycles. The molecule has 27 heavy (non-hydrogen) atoms. The Kier molecular flexibility index (Phi) is 5.86. The van der Waals surface area contributed by atoms with Crippen molar-refractivity contribution in [3.63, 3.8) is 0 Å². The second kappa shape index (κ2) is 8.31. The van der Waals surface area contributed by atoms with Gasteiger partial charge in [-0.25, -0.2) is 5.43 Å². The van der Waals surface area contributed by atoms with E-state index in [0.29, 0.717) is 12.1 Å². The molecule has 0 aliphatic carbocycles. The number of carbonyl (C=O) groups is 1. The van der Waals surface area contributed by atoms with E-state index in [1.165, 1.54) is 0 Å². The zero-order valence-corrected chi connectivity index (χ0v) is 17.1. The number of aromatic nitrogens is 2. The second-order valence-corrected chi connectivity index (χ2v) is 7.34. The third kappa shape index (κ3) is 4.92. The molecule has 0 bridgehead atoms. The van der Waals surface area contributed by atoms with Crippen LogP contribution in [0, 0.1) is 13.8 Å². The highest BCUT2D eigenvalue weighted by atomic mass is 79.9. The summed E-state index contributed by atoms with van der Waals surface area (Å²) in [6.45, 7) is 6.56. The largest absolute Gasteiger partial charge is 0.271 e. The van der Waals surface area contributed by atoms with Crippen molar-refractivity contribution in [2.24, 2.45) is 5.10 Å². The van der Waals surface area contributed by atoms with Crippen molar-refractivity contribution in [3.05, 3.63) is 87.1 Å². The lowest BCUT2D eigenvalue weighted by molar-refractivity contribution is 0.0955. The monoisotopic (exact) mass is 424 g/mol. The van der Waals surface area contributed by atoms with Crippen molar-refractivity contribution in [1.82, 2.24) is 15.2 Å². The summed E-state index contributed by atoms with van der Waals surface area (Å²) < 4.78 is 2.96. The van der Waals surface area contributed by atoms with E-state index in [9.17, 15) is 4.79 Å². The minimum atomic E-state index is -0.232. The van der Waals surface area contributed by atoms with Gasteiger partial charge in [0.1, 0.15) is 0 Å². The van der Waals surface area contributed by atoms with Crippen LogP contribution in [-0.2, 0) is 6.54 Å². The molecule has 0 saturated carbocycles. The van der Waals surface area contributed by atoms with Gasteiger partial charge in [0, 0.05) is 15.7 Å². The zero-order chi connectivity index (χ0) is 19.4. The number of nitrogens with zero attached hydrogens (tertiary/aromatic N) is 3. The lowest BCUT2D eigenvalue weighted by Crippen LogP contribution is -2.19. The quantitative estimate of drug-likeness (QED) is 0.485. The summed E-state index contributed by atoms with van der Waals surface area (Å²) in [5, 5.41) is 8.66. The van der Waals surface area contributed by atoms with Crippen LogP contribution < -0.4 is 5.43 Å². The Morgan fingerprint density at radius 2 is 1.70 bits per heavy atom. The van der Waals surface area contributed by atoms with Crippen LogP contribution in [0.25, 0.3) is 0 Å². The molecule has 1 N–H and O–H groups in total. The molecule has 0 spiro atoms. The highest BCUT2D eigenvalue weighted by Crippen LogP contribution is 2.12. The number of carbonyl (C=O) groups excluding carboxylic acids is 1. The third-order valence-electron chi connectivity index (χ3n) is 4.24. The molecule has 0 aliphatic heterocycles. The fourth-order valence-electron chi connectivity index (χ4n) is 2.72. The summed E-state index contributed by atoms with van der Waals surface area (Å²) in [5.74, 6) is -0.232. The fourth-order valence-corrected chi connectivity index (χ4v) is 2.99. The van der Waals surface area contributed by atoms with E-state index >= 15 is 0 Å². The van der Waals surface area contributed by atoms with Crippen LogP contribution in [0.2, 0.25) is 0 Å². The maximum absolute atomic E-state index is 12.3. The molecule has 0 fully saturated rings. The highest BCUT2D eigenvalue weighted by Gasteiger charge is 2.07. The maximum Gasteiger partial charge on any atom is 0.271 e. The number of hydrazone groups is 1. The number of hydrogen-bond donors (Lipinski definition) is 1. The van der Waals surface area contributed by atoms with Gasteiger partial charge in [-0.1, -0.05) is 40.2 Å². The van der Waals surface area contributed by atoms with Gasteiger partial charge in [-0.3, -0.25) is 9.48 Å². The zero-order valence-electron chi connectivity index (χ0n) is 15.5. The highest BCUT2D eigenvalue weighted by molar-refractivity contribution is 9.10. The summed E-state index contributed by atoms with van der Waals surface area (Å²) in [6.07, 6.45) is 0. The first kappa shape index (κ1) is 19.0. The number of halogens is 1. The van der Waals surface area contributed by atoms with Gasteiger partial charge in [0.25, 0.3) is 5.91 Å². The van der Waals surface area contributed by atoms with Crippen LogP contribution in [0.5, 0.6) is 0 Å². The first-order valence-corrected chi connectivity index (χ1v) is 9.42. The standard InChI is InChI=1S/C21H21BrN4O/c1-14-12-15(2)26(25-14)13-17-4-6-19(7-5-17)21(27)24-23-16(3)18-8-10-20(22)11-9-18/h4-12H,13H2,1-3H3,(H,24,27). The Balaban J connectivity index is 1.64. The molecule has 1 heterocycles. The first-order chi connectivity index (χ1) is 12.9. The van der Waals surface area contributed by atoms with Crippen molar-refractivity contribution in [1.29, 1.82) is 0 Å². The minimum absolute atomic E-state index is 0.232. The Hall–Kier alpha value is -2.73. The molecule has 6 heteroatoms. The smallest absolute Gasteiger partial charge is 0.267 e. The molecule has 5 nitrogen and oxygen atoms in total. The van der Waals surface area contributed by atoms with Crippen molar-refractivity contribution in [2.45, 2.75) is 27.3 Å². The predicted molar refractivity (Wildman–Crippen MR) is 111 cm³/mol. The molecule has 138 valence electrons. The van der Waals surface area contributed by atoms with Gasteiger partial charge in [0.15, 0.2) is 0 Å². The van der Waals surface area contributed by atoms with Gasteiger partial charge in [-0.05, 0) is 62.2 Å². The van der Waals surface area contributed by atoms with Crippen LogP contribution in [0.4, 0.5) is 0 Å². The lowest BCUT2D eigenvalue weighted by Gasteiger charge is -2.06. The second-order valence-electron chi connectivity index (χ2n) is 6.43. The van der Waals surface area contributed by atoms with Gasteiger partial charge in [-0.15, -0.1) is 0 Å². The number of aryl methyl sites for hydroxylation is 2. The van der Waals surface area contributed by atoms with E-state index in [1.54, 1.807) is 12.1 Å². The van der Waals surface area contributed by atoms with E-state index < -0.39 is 0 Å². The van der Waals surface area contributed by atoms with Crippen molar-refractivity contribution >= 4 is 27.5 Å². The number of rotatable bonds is 5. The Bertz CT molecular complexity index is 972. The number of hydrogen-bond acceptors (Lipinski definition) is 3. The van der Waals surface area contributed by atoms with Gasteiger partial charge in [-0.2, -0.15) is 10.2 Å².